The Morgan fingerprint density at radius 1 is 1.30 bits per heavy atom. The zero-order chi connectivity index (χ0) is 15.1. The lowest BCUT2D eigenvalue weighted by Crippen LogP contribution is -2.24. The number of ether oxygens (including phenoxy) is 1. The quantitative estimate of drug-likeness (QED) is 0.830. The van der Waals surface area contributed by atoms with Crippen LogP contribution in [0, 0.1) is 5.92 Å². The molecule has 108 valence electrons. The van der Waals surface area contributed by atoms with Gasteiger partial charge in [0.2, 0.25) is 0 Å². The standard InChI is InChI=1S/C15H20N2O3/c1-10(2)11(3)9-16-15(19)17-13-7-5-6-12(8-13)14(18)20-4/h5-10H,1-4H3,(H2,16,17,19)/b11-9+. The Morgan fingerprint density at radius 2 is 2.00 bits per heavy atom. The van der Waals surface area contributed by atoms with Crippen molar-refractivity contribution in [3.8, 4) is 0 Å². The van der Waals surface area contributed by atoms with Crippen LogP contribution in [0.3, 0.4) is 0 Å². The van der Waals surface area contributed by atoms with Gasteiger partial charge in [-0.15, -0.1) is 0 Å². The van der Waals surface area contributed by atoms with E-state index in [1.807, 2.05) is 20.8 Å². The van der Waals surface area contributed by atoms with Gasteiger partial charge in [-0.2, -0.15) is 0 Å². The van der Waals surface area contributed by atoms with Crippen LogP contribution in [-0.2, 0) is 4.74 Å². The van der Waals surface area contributed by atoms with Crippen LogP contribution in [0.15, 0.2) is 36.0 Å². The van der Waals surface area contributed by atoms with E-state index in [1.165, 1.54) is 7.11 Å². The predicted molar refractivity (Wildman–Crippen MR) is 78.5 cm³/mol. The maximum absolute atomic E-state index is 11.7. The largest absolute Gasteiger partial charge is 0.465 e. The van der Waals surface area contributed by atoms with E-state index in [4.69, 9.17) is 0 Å². The number of nitrogens with one attached hydrogen (secondary N) is 2. The fraction of sp³-hybridized carbons (Fsp3) is 0.333. The Morgan fingerprint density at radius 3 is 2.60 bits per heavy atom. The van der Waals surface area contributed by atoms with E-state index in [0.29, 0.717) is 17.2 Å². The third-order valence-corrected chi connectivity index (χ3v) is 2.88. The van der Waals surface area contributed by atoms with Crippen LogP contribution in [0.4, 0.5) is 10.5 Å². The molecule has 0 bridgehead atoms. The Bertz CT molecular complexity index is 522. The highest BCUT2D eigenvalue weighted by molar-refractivity contribution is 5.94. The molecule has 0 saturated heterocycles. The predicted octanol–water partition coefficient (Wildman–Crippen LogP) is 3.15. The number of carbonyl (C=O) groups excluding carboxylic acids is 2. The molecule has 1 aromatic carbocycles. The summed E-state index contributed by atoms with van der Waals surface area (Å²) in [5, 5.41) is 5.30. The fourth-order valence-electron chi connectivity index (χ4n) is 1.36. The van der Waals surface area contributed by atoms with Crippen molar-refractivity contribution in [3.63, 3.8) is 0 Å². The Kier molecular flexibility index (Phi) is 5.77. The molecule has 0 fully saturated rings. The Balaban J connectivity index is 2.67. The molecule has 2 amide bonds. The van der Waals surface area contributed by atoms with Crippen LogP contribution >= 0.6 is 0 Å². The number of amides is 2. The second-order valence-electron chi connectivity index (χ2n) is 4.71. The summed E-state index contributed by atoms with van der Waals surface area (Å²) >= 11 is 0. The zero-order valence-corrected chi connectivity index (χ0v) is 12.2. The highest BCUT2D eigenvalue weighted by atomic mass is 16.5. The van der Waals surface area contributed by atoms with E-state index in [2.05, 4.69) is 15.4 Å². The van der Waals surface area contributed by atoms with E-state index < -0.39 is 5.97 Å². The van der Waals surface area contributed by atoms with Crippen molar-refractivity contribution in [1.82, 2.24) is 5.32 Å². The maximum Gasteiger partial charge on any atom is 0.337 e. The van der Waals surface area contributed by atoms with E-state index in [-0.39, 0.29) is 6.03 Å². The molecule has 0 spiro atoms. The van der Waals surface area contributed by atoms with Gasteiger partial charge in [-0.1, -0.05) is 25.5 Å². The number of urea groups is 1. The van der Waals surface area contributed by atoms with E-state index in [1.54, 1.807) is 30.5 Å². The average Bonchev–Trinajstić information content (AvgIpc) is 2.43. The summed E-state index contributed by atoms with van der Waals surface area (Å²) in [6.45, 7) is 6.04. The number of carbonyl (C=O) groups is 2. The molecule has 0 radical (unpaired) electrons. The number of allylic oxidation sites excluding steroid dienone is 1. The van der Waals surface area contributed by atoms with E-state index in [0.717, 1.165) is 5.57 Å². The minimum atomic E-state index is -0.440. The van der Waals surface area contributed by atoms with Crippen LogP contribution in [-0.4, -0.2) is 19.1 Å². The van der Waals surface area contributed by atoms with Gasteiger partial charge in [-0.3, -0.25) is 0 Å². The summed E-state index contributed by atoms with van der Waals surface area (Å²) < 4.78 is 4.62. The summed E-state index contributed by atoms with van der Waals surface area (Å²) in [4.78, 5) is 23.1. The van der Waals surface area contributed by atoms with Crippen molar-refractivity contribution in [1.29, 1.82) is 0 Å². The molecule has 0 saturated carbocycles. The minimum Gasteiger partial charge on any atom is -0.465 e. The third-order valence-electron chi connectivity index (χ3n) is 2.88. The third kappa shape index (κ3) is 4.76. The molecule has 0 unspecified atom stereocenters. The van der Waals surface area contributed by atoms with Crippen molar-refractivity contribution in [2.75, 3.05) is 12.4 Å². The first kappa shape index (κ1) is 15.8. The topological polar surface area (TPSA) is 67.4 Å². The van der Waals surface area contributed by atoms with Gasteiger partial charge in [0, 0.05) is 11.9 Å². The number of rotatable bonds is 4. The molecule has 2 N–H and O–H groups in total. The second-order valence-corrected chi connectivity index (χ2v) is 4.71. The lowest BCUT2D eigenvalue weighted by molar-refractivity contribution is 0.0600. The van der Waals surface area contributed by atoms with Gasteiger partial charge in [0.25, 0.3) is 0 Å². The highest BCUT2D eigenvalue weighted by Crippen LogP contribution is 2.11. The summed E-state index contributed by atoms with van der Waals surface area (Å²) in [5.41, 5.74) is 1.99. The maximum atomic E-state index is 11.7. The van der Waals surface area contributed by atoms with Gasteiger partial charge >= 0.3 is 12.0 Å². The molecule has 0 aromatic heterocycles. The monoisotopic (exact) mass is 276 g/mol. The van der Waals surface area contributed by atoms with Gasteiger partial charge in [0.05, 0.1) is 12.7 Å². The van der Waals surface area contributed by atoms with E-state index >= 15 is 0 Å². The van der Waals surface area contributed by atoms with Crippen molar-refractivity contribution in [2.45, 2.75) is 20.8 Å². The lowest BCUT2D eigenvalue weighted by Gasteiger charge is -2.08. The van der Waals surface area contributed by atoms with Crippen LogP contribution in [0.2, 0.25) is 0 Å². The summed E-state index contributed by atoms with van der Waals surface area (Å²) in [5.74, 6) is -0.0671. The van der Waals surface area contributed by atoms with Crippen LogP contribution in [0.5, 0.6) is 0 Å². The second kappa shape index (κ2) is 7.33. The molecule has 5 nitrogen and oxygen atoms in total. The van der Waals surface area contributed by atoms with Gasteiger partial charge < -0.3 is 15.4 Å². The lowest BCUT2D eigenvalue weighted by atomic mass is 10.1. The zero-order valence-electron chi connectivity index (χ0n) is 12.2. The number of anilines is 1. The Labute approximate surface area is 119 Å². The minimum absolute atomic E-state index is 0.355. The molecule has 0 heterocycles. The first-order valence-electron chi connectivity index (χ1n) is 6.36. The smallest absolute Gasteiger partial charge is 0.337 e. The number of hydrogen-bond acceptors (Lipinski definition) is 3. The first-order valence-corrected chi connectivity index (χ1v) is 6.36. The fourth-order valence-corrected chi connectivity index (χ4v) is 1.36. The van der Waals surface area contributed by atoms with Gasteiger partial charge in [0.1, 0.15) is 0 Å². The van der Waals surface area contributed by atoms with Gasteiger partial charge in [-0.05, 0) is 31.0 Å². The van der Waals surface area contributed by atoms with Crippen LogP contribution in [0.1, 0.15) is 31.1 Å². The van der Waals surface area contributed by atoms with Crippen molar-refractivity contribution >= 4 is 17.7 Å². The molecule has 20 heavy (non-hydrogen) atoms. The van der Waals surface area contributed by atoms with Crippen molar-refractivity contribution < 1.29 is 14.3 Å². The van der Waals surface area contributed by atoms with Gasteiger partial charge in [-0.25, -0.2) is 9.59 Å². The molecular formula is C15H20N2O3. The molecule has 0 aliphatic carbocycles. The SMILES string of the molecule is COC(=O)c1cccc(NC(=O)N/C=C(\C)C(C)C)c1. The summed E-state index contributed by atoms with van der Waals surface area (Å²) in [7, 11) is 1.31. The number of benzene rings is 1. The van der Waals surface area contributed by atoms with Crippen molar-refractivity contribution in [3.05, 3.63) is 41.6 Å². The molecule has 1 rings (SSSR count). The first-order chi connectivity index (χ1) is 9.43. The van der Waals surface area contributed by atoms with Crippen LogP contribution < -0.4 is 10.6 Å². The number of hydrogen-bond donors (Lipinski definition) is 2. The van der Waals surface area contributed by atoms with Gasteiger partial charge in [0.15, 0.2) is 0 Å². The number of methoxy groups -OCH3 is 1. The Hall–Kier alpha value is -2.30. The van der Waals surface area contributed by atoms with Crippen LogP contribution in [0.25, 0.3) is 0 Å². The van der Waals surface area contributed by atoms with E-state index in [9.17, 15) is 9.59 Å². The summed E-state index contributed by atoms with van der Waals surface area (Å²) in [6, 6.07) is 6.21. The average molecular weight is 276 g/mol. The molecule has 5 heteroatoms. The molecule has 0 aliphatic rings. The summed E-state index contributed by atoms with van der Waals surface area (Å²) in [6.07, 6.45) is 1.67. The highest BCUT2D eigenvalue weighted by Gasteiger charge is 2.07. The van der Waals surface area contributed by atoms with Crippen molar-refractivity contribution in [2.24, 2.45) is 5.92 Å². The normalized spacial score (nSPS) is 11.2. The molecule has 0 aliphatic heterocycles. The molecule has 0 atom stereocenters. The molecular weight excluding hydrogens is 256 g/mol. The number of esters is 1. The molecule has 1 aromatic rings.